The summed E-state index contributed by atoms with van der Waals surface area (Å²) in [6, 6.07) is 6.62. The van der Waals surface area contributed by atoms with Gasteiger partial charge in [-0.1, -0.05) is 12.1 Å². The first kappa shape index (κ1) is 11.6. The van der Waals surface area contributed by atoms with Gasteiger partial charge in [0, 0.05) is 18.7 Å². The van der Waals surface area contributed by atoms with Crippen molar-refractivity contribution in [2.75, 3.05) is 13.1 Å². The number of non-ortho nitro benzene ring substituents is 1. The number of benzene rings is 1. The Hall–Kier alpha value is -1.46. The Kier molecular flexibility index (Phi) is 4.73. The molecule has 0 unspecified atom stereocenters. The van der Waals surface area contributed by atoms with Crippen molar-refractivity contribution in [2.24, 2.45) is 5.73 Å². The SMILES string of the molecule is NCCCNCc1cccc([N+](=O)[O-])c1. The molecular weight excluding hydrogens is 194 g/mol. The molecule has 0 aliphatic carbocycles. The average Bonchev–Trinajstić information content (AvgIpc) is 2.25. The fourth-order valence-corrected chi connectivity index (χ4v) is 1.24. The van der Waals surface area contributed by atoms with Crippen molar-refractivity contribution >= 4 is 5.69 Å². The van der Waals surface area contributed by atoms with Crippen LogP contribution in [0.5, 0.6) is 0 Å². The van der Waals surface area contributed by atoms with E-state index in [1.165, 1.54) is 6.07 Å². The molecular formula is C10H15N3O2. The summed E-state index contributed by atoms with van der Waals surface area (Å²) < 4.78 is 0. The monoisotopic (exact) mass is 209 g/mol. The van der Waals surface area contributed by atoms with Crippen LogP contribution >= 0.6 is 0 Å². The fourth-order valence-electron chi connectivity index (χ4n) is 1.24. The molecule has 0 saturated carbocycles. The summed E-state index contributed by atoms with van der Waals surface area (Å²) >= 11 is 0. The Bertz CT molecular complexity index is 328. The van der Waals surface area contributed by atoms with Crippen molar-refractivity contribution in [2.45, 2.75) is 13.0 Å². The Balaban J connectivity index is 2.47. The summed E-state index contributed by atoms with van der Waals surface area (Å²) in [5, 5.41) is 13.7. The number of nitro benzene ring substituents is 1. The fraction of sp³-hybridized carbons (Fsp3) is 0.400. The van der Waals surface area contributed by atoms with Crippen LogP contribution in [-0.4, -0.2) is 18.0 Å². The van der Waals surface area contributed by atoms with Gasteiger partial charge in [0.25, 0.3) is 5.69 Å². The Labute approximate surface area is 88.4 Å². The number of nitro groups is 1. The van der Waals surface area contributed by atoms with E-state index in [1.807, 2.05) is 6.07 Å². The van der Waals surface area contributed by atoms with Crippen molar-refractivity contribution in [3.63, 3.8) is 0 Å². The van der Waals surface area contributed by atoms with Crippen LogP contribution in [0.25, 0.3) is 0 Å². The average molecular weight is 209 g/mol. The predicted molar refractivity (Wildman–Crippen MR) is 58.5 cm³/mol. The van der Waals surface area contributed by atoms with Gasteiger partial charge in [-0.25, -0.2) is 0 Å². The number of rotatable bonds is 6. The van der Waals surface area contributed by atoms with E-state index in [9.17, 15) is 10.1 Å². The number of nitrogens with zero attached hydrogens (tertiary/aromatic N) is 1. The first-order chi connectivity index (χ1) is 7.24. The first-order valence-corrected chi connectivity index (χ1v) is 4.88. The van der Waals surface area contributed by atoms with Crippen LogP contribution in [-0.2, 0) is 6.54 Å². The quantitative estimate of drug-likeness (QED) is 0.416. The summed E-state index contributed by atoms with van der Waals surface area (Å²) in [7, 11) is 0. The number of nitrogens with one attached hydrogen (secondary N) is 1. The van der Waals surface area contributed by atoms with Gasteiger partial charge in [0.05, 0.1) is 4.92 Å². The van der Waals surface area contributed by atoms with E-state index in [4.69, 9.17) is 5.73 Å². The van der Waals surface area contributed by atoms with Crippen molar-refractivity contribution in [1.82, 2.24) is 5.32 Å². The molecule has 0 saturated heterocycles. The summed E-state index contributed by atoms with van der Waals surface area (Å²) in [5.41, 5.74) is 6.39. The third-order valence-electron chi connectivity index (χ3n) is 2.01. The molecule has 0 amide bonds. The van der Waals surface area contributed by atoms with Gasteiger partial charge in [-0.2, -0.15) is 0 Å². The van der Waals surface area contributed by atoms with Gasteiger partial charge >= 0.3 is 0 Å². The van der Waals surface area contributed by atoms with Gasteiger partial charge < -0.3 is 11.1 Å². The van der Waals surface area contributed by atoms with E-state index >= 15 is 0 Å². The van der Waals surface area contributed by atoms with E-state index in [2.05, 4.69) is 5.32 Å². The third-order valence-corrected chi connectivity index (χ3v) is 2.01. The van der Waals surface area contributed by atoms with Crippen LogP contribution in [0.15, 0.2) is 24.3 Å². The van der Waals surface area contributed by atoms with Gasteiger partial charge in [-0.15, -0.1) is 0 Å². The molecule has 0 radical (unpaired) electrons. The highest BCUT2D eigenvalue weighted by atomic mass is 16.6. The van der Waals surface area contributed by atoms with Gasteiger partial charge in [-0.05, 0) is 25.1 Å². The molecule has 5 heteroatoms. The Morgan fingerprint density at radius 3 is 2.93 bits per heavy atom. The maximum atomic E-state index is 10.5. The Morgan fingerprint density at radius 1 is 1.47 bits per heavy atom. The largest absolute Gasteiger partial charge is 0.330 e. The van der Waals surface area contributed by atoms with Crippen LogP contribution in [0.1, 0.15) is 12.0 Å². The smallest absolute Gasteiger partial charge is 0.269 e. The van der Waals surface area contributed by atoms with Crippen molar-refractivity contribution in [1.29, 1.82) is 0 Å². The molecule has 0 heterocycles. The second-order valence-electron chi connectivity index (χ2n) is 3.25. The molecule has 0 atom stereocenters. The van der Waals surface area contributed by atoms with Gasteiger partial charge in [0.2, 0.25) is 0 Å². The second kappa shape index (κ2) is 6.10. The van der Waals surface area contributed by atoms with Crippen molar-refractivity contribution in [3.05, 3.63) is 39.9 Å². The predicted octanol–water partition coefficient (Wildman–Crippen LogP) is 1.03. The lowest BCUT2D eigenvalue weighted by Gasteiger charge is -2.03. The van der Waals surface area contributed by atoms with E-state index in [0.29, 0.717) is 13.1 Å². The summed E-state index contributed by atoms with van der Waals surface area (Å²) in [6.07, 6.45) is 0.912. The third kappa shape index (κ3) is 4.05. The standard InChI is InChI=1S/C10H15N3O2/c11-5-2-6-12-8-9-3-1-4-10(7-9)13(14)15/h1,3-4,7,12H,2,5-6,8,11H2. The molecule has 15 heavy (non-hydrogen) atoms. The topological polar surface area (TPSA) is 81.2 Å². The summed E-state index contributed by atoms with van der Waals surface area (Å²) in [5.74, 6) is 0. The van der Waals surface area contributed by atoms with Crippen molar-refractivity contribution < 1.29 is 4.92 Å². The zero-order chi connectivity index (χ0) is 11.1. The first-order valence-electron chi connectivity index (χ1n) is 4.88. The molecule has 0 aliphatic rings. The molecule has 82 valence electrons. The molecule has 0 bridgehead atoms. The van der Waals surface area contributed by atoms with Gasteiger partial charge in [0.15, 0.2) is 0 Å². The molecule has 3 N–H and O–H groups in total. The van der Waals surface area contributed by atoms with Crippen LogP contribution in [0, 0.1) is 10.1 Å². The lowest BCUT2D eigenvalue weighted by atomic mass is 10.2. The highest BCUT2D eigenvalue weighted by molar-refractivity contribution is 5.34. The van der Waals surface area contributed by atoms with Crippen LogP contribution in [0.2, 0.25) is 0 Å². The van der Waals surface area contributed by atoms with E-state index in [-0.39, 0.29) is 10.6 Å². The van der Waals surface area contributed by atoms with Gasteiger partial charge in [-0.3, -0.25) is 10.1 Å². The zero-order valence-corrected chi connectivity index (χ0v) is 8.48. The molecule has 1 aromatic carbocycles. The highest BCUT2D eigenvalue weighted by Crippen LogP contribution is 2.12. The van der Waals surface area contributed by atoms with Crippen LogP contribution in [0.3, 0.4) is 0 Å². The number of nitrogens with two attached hydrogens (primary N) is 1. The Morgan fingerprint density at radius 2 is 2.27 bits per heavy atom. The second-order valence-corrected chi connectivity index (χ2v) is 3.25. The zero-order valence-electron chi connectivity index (χ0n) is 8.48. The van der Waals surface area contributed by atoms with E-state index in [0.717, 1.165) is 18.5 Å². The molecule has 0 spiro atoms. The van der Waals surface area contributed by atoms with Gasteiger partial charge in [0.1, 0.15) is 0 Å². The van der Waals surface area contributed by atoms with Crippen LogP contribution < -0.4 is 11.1 Å². The lowest BCUT2D eigenvalue weighted by Crippen LogP contribution is -2.17. The summed E-state index contributed by atoms with van der Waals surface area (Å²) in [4.78, 5) is 10.1. The maximum absolute atomic E-state index is 10.5. The van der Waals surface area contributed by atoms with E-state index < -0.39 is 0 Å². The minimum Gasteiger partial charge on any atom is -0.330 e. The molecule has 0 aliphatic heterocycles. The minimum atomic E-state index is -0.386. The number of hydrogen-bond acceptors (Lipinski definition) is 4. The van der Waals surface area contributed by atoms with E-state index in [1.54, 1.807) is 12.1 Å². The normalized spacial score (nSPS) is 10.2. The molecule has 0 aromatic heterocycles. The highest BCUT2D eigenvalue weighted by Gasteiger charge is 2.04. The molecule has 5 nitrogen and oxygen atoms in total. The molecule has 0 fully saturated rings. The minimum absolute atomic E-state index is 0.133. The van der Waals surface area contributed by atoms with Crippen LogP contribution in [0.4, 0.5) is 5.69 Å². The number of hydrogen-bond donors (Lipinski definition) is 2. The molecule has 1 aromatic rings. The maximum Gasteiger partial charge on any atom is 0.269 e. The van der Waals surface area contributed by atoms with Crippen molar-refractivity contribution in [3.8, 4) is 0 Å². The molecule has 1 rings (SSSR count). The lowest BCUT2D eigenvalue weighted by molar-refractivity contribution is -0.384. The summed E-state index contributed by atoms with van der Waals surface area (Å²) in [6.45, 7) is 2.13.